The third-order valence-corrected chi connectivity index (χ3v) is 3.36. The molecule has 2 N–H and O–H groups in total. The minimum Gasteiger partial charge on any atom is -0.315 e. The molecule has 1 rings (SSSR count). The van der Waals surface area contributed by atoms with Crippen LogP contribution in [0.3, 0.4) is 0 Å². The second kappa shape index (κ2) is 7.29. The van der Waals surface area contributed by atoms with Gasteiger partial charge in [-0.05, 0) is 46.1 Å². The van der Waals surface area contributed by atoms with Crippen LogP contribution in [-0.2, 0) is 0 Å². The van der Waals surface area contributed by atoms with Crippen LogP contribution >= 0.6 is 0 Å². The van der Waals surface area contributed by atoms with Gasteiger partial charge in [-0.25, -0.2) is 0 Å². The molecule has 0 aromatic carbocycles. The Morgan fingerprint density at radius 1 is 0.938 bits per heavy atom. The fourth-order valence-corrected chi connectivity index (χ4v) is 2.40. The summed E-state index contributed by atoms with van der Waals surface area (Å²) in [4.78, 5) is 0. The molecular weight excluding hydrogens is 196 g/mol. The van der Waals surface area contributed by atoms with E-state index < -0.39 is 0 Å². The third kappa shape index (κ3) is 7.24. The Balaban J connectivity index is 1.97. The lowest BCUT2D eigenvalue weighted by Crippen LogP contribution is -2.40. The summed E-state index contributed by atoms with van der Waals surface area (Å²) in [6.45, 7) is 10.1. The highest BCUT2D eigenvalue weighted by atomic mass is 15.0. The van der Waals surface area contributed by atoms with Gasteiger partial charge in [-0.1, -0.05) is 25.7 Å². The predicted molar refractivity (Wildman–Crippen MR) is 71.8 cm³/mol. The fraction of sp³-hybridized carbons (Fsp3) is 1.00. The van der Waals surface area contributed by atoms with Gasteiger partial charge < -0.3 is 10.6 Å². The van der Waals surface area contributed by atoms with Gasteiger partial charge in [0.1, 0.15) is 0 Å². The zero-order chi connectivity index (χ0) is 11.9. The van der Waals surface area contributed by atoms with E-state index in [1.54, 1.807) is 0 Å². The van der Waals surface area contributed by atoms with Gasteiger partial charge in [0.25, 0.3) is 0 Å². The Morgan fingerprint density at radius 3 is 2.12 bits per heavy atom. The molecule has 2 heteroatoms. The lowest BCUT2D eigenvalue weighted by atomic mass is 10.0. The Labute approximate surface area is 102 Å². The maximum absolute atomic E-state index is 3.59. The molecule has 0 bridgehead atoms. The van der Waals surface area contributed by atoms with Gasteiger partial charge in [-0.15, -0.1) is 0 Å². The van der Waals surface area contributed by atoms with Gasteiger partial charge in [0, 0.05) is 18.6 Å². The van der Waals surface area contributed by atoms with Crippen molar-refractivity contribution in [2.45, 2.75) is 64.8 Å². The van der Waals surface area contributed by atoms with Crippen LogP contribution in [0.2, 0.25) is 0 Å². The lowest BCUT2D eigenvalue weighted by molar-refractivity contribution is 0.395. The second-order valence-electron chi connectivity index (χ2n) is 6.24. The second-order valence-corrected chi connectivity index (χ2v) is 6.24. The quantitative estimate of drug-likeness (QED) is 0.556. The average Bonchev–Trinajstić information content (AvgIpc) is 2.44. The number of rotatable bonds is 5. The summed E-state index contributed by atoms with van der Waals surface area (Å²) >= 11 is 0. The van der Waals surface area contributed by atoms with E-state index >= 15 is 0 Å². The van der Waals surface area contributed by atoms with Crippen LogP contribution in [0.15, 0.2) is 0 Å². The fourth-order valence-electron chi connectivity index (χ4n) is 2.40. The Bertz CT molecular complexity index is 164. The maximum Gasteiger partial charge on any atom is 0.00970 e. The SMILES string of the molecule is CC(C)(C)NCCNCC1CCCCCC1. The topological polar surface area (TPSA) is 24.1 Å². The molecule has 1 aliphatic rings. The highest BCUT2D eigenvalue weighted by molar-refractivity contribution is 4.71. The minimum absolute atomic E-state index is 0.254. The van der Waals surface area contributed by atoms with E-state index in [0.29, 0.717) is 0 Å². The molecule has 1 saturated carbocycles. The third-order valence-electron chi connectivity index (χ3n) is 3.36. The van der Waals surface area contributed by atoms with Crippen LogP contribution in [0.1, 0.15) is 59.3 Å². The smallest absolute Gasteiger partial charge is 0.00970 e. The van der Waals surface area contributed by atoms with Crippen LogP contribution in [-0.4, -0.2) is 25.2 Å². The van der Waals surface area contributed by atoms with E-state index in [-0.39, 0.29) is 5.54 Å². The van der Waals surface area contributed by atoms with E-state index in [1.165, 1.54) is 45.1 Å². The molecule has 1 fully saturated rings. The van der Waals surface area contributed by atoms with Crippen LogP contribution in [0.4, 0.5) is 0 Å². The summed E-state index contributed by atoms with van der Waals surface area (Å²) in [5, 5.41) is 7.10. The molecule has 0 radical (unpaired) electrons. The molecule has 2 nitrogen and oxygen atoms in total. The standard InChI is InChI=1S/C14H30N2/c1-14(2,3)16-11-10-15-12-13-8-6-4-5-7-9-13/h13,15-16H,4-12H2,1-3H3. The van der Waals surface area contributed by atoms with Crippen molar-refractivity contribution in [3.05, 3.63) is 0 Å². The molecule has 0 spiro atoms. The molecule has 16 heavy (non-hydrogen) atoms. The Kier molecular flexibility index (Phi) is 6.37. The van der Waals surface area contributed by atoms with E-state index in [0.717, 1.165) is 19.0 Å². The monoisotopic (exact) mass is 226 g/mol. The van der Waals surface area contributed by atoms with E-state index in [2.05, 4.69) is 31.4 Å². The van der Waals surface area contributed by atoms with E-state index in [1.807, 2.05) is 0 Å². The van der Waals surface area contributed by atoms with Crippen molar-refractivity contribution in [3.8, 4) is 0 Å². The first kappa shape index (κ1) is 14.0. The summed E-state index contributed by atoms with van der Waals surface area (Å²) in [6.07, 6.45) is 8.71. The first-order valence-electron chi connectivity index (χ1n) is 7.04. The van der Waals surface area contributed by atoms with Gasteiger partial charge in [0.2, 0.25) is 0 Å². The molecule has 0 aromatic rings. The molecule has 0 amide bonds. The van der Waals surface area contributed by atoms with Crippen molar-refractivity contribution >= 4 is 0 Å². The first-order chi connectivity index (χ1) is 7.58. The van der Waals surface area contributed by atoms with Crippen molar-refractivity contribution in [2.75, 3.05) is 19.6 Å². The first-order valence-corrected chi connectivity index (χ1v) is 7.04. The molecule has 0 heterocycles. The van der Waals surface area contributed by atoms with Gasteiger partial charge >= 0.3 is 0 Å². The molecule has 0 aromatic heterocycles. The maximum atomic E-state index is 3.59. The van der Waals surface area contributed by atoms with Crippen molar-refractivity contribution in [1.29, 1.82) is 0 Å². The summed E-state index contributed by atoms with van der Waals surface area (Å²) < 4.78 is 0. The van der Waals surface area contributed by atoms with Crippen LogP contribution in [0, 0.1) is 5.92 Å². The lowest BCUT2D eigenvalue weighted by Gasteiger charge is -2.21. The van der Waals surface area contributed by atoms with E-state index in [4.69, 9.17) is 0 Å². The molecule has 1 aliphatic carbocycles. The molecule has 0 atom stereocenters. The summed E-state index contributed by atoms with van der Waals surface area (Å²) in [5.74, 6) is 0.942. The van der Waals surface area contributed by atoms with Gasteiger partial charge in [-0.2, -0.15) is 0 Å². The van der Waals surface area contributed by atoms with Crippen LogP contribution in [0.5, 0.6) is 0 Å². The van der Waals surface area contributed by atoms with Crippen LogP contribution in [0.25, 0.3) is 0 Å². The van der Waals surface area contributed by atoms with Gasteiger partial charge in [0.05, 0.1) is 0 Å². The van der Waals surface area contributed by atoms with Crippen molar-refractivity contribution in [1.82, 2.24) is 10.6 Å². The zero-order valence-electron chi connectivity index (χ0n) is 11.4. The summed E-state index contributed by atoms with van der Waals surface area (Å²) in [6, 6.07) is 0. The van der Waals surface area contributed by atoms with Crippen molar-refractivity contribution in [2.24, 2.45) is 5.92 Å². The Hall–Kier alpha value is -0.0800. The minimum atomic E-state index is 0.254. The van der Waals surface area contributed by atoms with E-state index in [9.17, 15) is 0 Å². The molecular formula is C14H30N2. The predicted octanol–water partition coefficient (Wildman–Crippen LogP) is 2.93. The van der Waals surface area contributed by atoms with Crippen LogP contribution < -0.4 is 10.6 Å². The Morgan fingerprint density at radius 2 is 1.56 bits per heavy atom. The highest BCUT2D eigenvalue weighted by Gasteiger charge is 2.11. The number of nitrogens with one attached hydrogen (secondary N) is 2. The normalized spacial score (nSPS) is 19.7. The van der Waals surface area contributed by atoms with Crippen molar-refractivity contribution in [3.63, 3.8) is 0 Å². The van der Waals surface area contributed by atoms with Crippen molar-refractivity contribution < 1.29 is 0 Å². The summed E-state index contributed by atoms with van der Waals surface area (Å²) in [7, 11) is 0. The highest BCUT2D eigenvalue weighted by Crippen LogP contribution is 2.21. The molecule has 0 aliphatic heterocycles. The summed E-state index contributed by atoms with van der Waals surface area (Å²) in [5.41, 5.74) is 0.254. The van der Waals surface area contributed by atoms with Gasteiger partial charge in [0.15, 0.2) is 0 Å². The molecule has 0 saturated heterocycles. The number of hydrogen-bond acceptors (Lipinski definition) is 2. The zero-order valence-corrected chi connectivity index (χ0v) is 11.4. The number of hydrogen-bond donors (Lipinski definition) is 2. The van der Waals surface area contributed by atoms with Gasteiger partial charge in [-0.3, -0.25) is 0 Å². The molecule has 0 unspecified atom stereocenters. The molecule has 96 valence electrons. The largest absolute Gasteiger partial charge is 0.315 e. The average molecular weight is 226 g/mol.